The number of alkyl halides is 3. The molecule has 0 saturated heterocycles. The van der Waals surface area contributed by atoms with Crippen molar-refractivity contribution in [1.29, 1.82) is 5.26 Å². The van der Waals surface area contributed by atoms with Crippen LogP contribution in [0.25, 0.3) is 0 Å². The molecule has 1 aromatic rings. The maximum absolute atomic E-state index is 12.7. The van der Waals surface area contributed by atoms with Gasteiger partial charge in [-0.1, -0.05) is 0 Å². The van der Waals surface area contributed by atoms with Crippen LogP contribution >= 0.6 is 0 Å². The summed E-state index contributed by atoms with van der Waals surface area (Å²) >= 11 is 0. The lowest BCUT2D eigenvalue weighted by Crippen LogP contribution is -2.39. The molecule has 0 aliphatic carbocycles. The van der Waals surface area contributed by atoms with E-state index in [0.29, 0.717) is 0 Å². The predicted octanol–water partition coefficient (Wildman–Crippen LogP) is 1.93. The van der Waals surface area contributed by atoms with Gasteiger partial charge < -0.3 is 10.2 Å². The fraction of sp³-hybridized carbons (Fsp3) is 0.462. The second kappa shape index (κ2) is 6.43. The molecule has 0 atom stereocenters. The van der Waals surface area contributed by atoms with Gasteiger partial charge in [-0.3, -0.25) is 4.79 Å². The number of nitrogens with one attached hydrogen (secondary N) is 1. The van der Waals surface area contributed by atoms with Gasteiger partial charge in [0.15, 0.2) is 0 Å². The van der Waals surface area contributed by atoms with Crippen molar-refractivity contribution in [2.45, 2.75) is 26.1 Å². The maximum atomic E-state index is 12.7. The first-order chi connectivity index (χ1) is 9.65. The van der Waals surface area contributed by atoms with Gasteiger partial charge in [0.25, 0.3) is 0 Å². The minimum atomic E-state index is -4.61. The number of likely N-dealkylation sites (N-methyl/N-ethyl adjacent to an activating group) is 1. The number of nitriles is 1. The summed E-state index contributed by atoms with van der Waals surface area (Å²) in [4.78, 5) is 16.3. The highest BCUT2D eigenvalue weighted by molar-refractivity contribution is 5.81. The normalized spacial score (nSPS) is 11.1. The Labute approximate surface area is 120 Å². The van der Waals surface area contributed by atoms with E-state index < -0.39 is 11.9 Å². The van der Waals surface area contributed by atoms with E-state index in [9.17, 15) is 18.0 Å². The highest BCUT2D eigenvalue weighted by atomic mass is 19.4. The largest absolute Gasteiger partial charge is 0.433 e. The Kier molecular flexibility index (Phi) is 5.13. The maximum Gasteiger partial charge on any atom is 0.433 e. The highest BCUT2D eigenvalue weighted by Gasteiger charge is 2.33. The Morgan fingerprint density at radius 3 is 2.57 bits per heavy atom. The molecule has 0 fully saturated rings. The molecule has 0 aliphatic rings. The zero-order valence-electron chi connectivity index (χ0n) is 11.8. The Bertz CT molecular complexity index is 564. The van der Waals surface area contributed by atoms with E-state index in [-0.39, 0.29) is 29.9 Å². The molecule has 5 nitrogen and oxygen atoms in total. The summed E-state index contributed by atoms with van der Waals surface area (Å²) in [7, 11) is 1.41. The van der Waals surface area contributed by atoms with Crippen molar-refractivity contribution in [3.05, 3.63) is 23.4 Å². The second-order valence-electron chi connectivity index (χ2n) is 4.76. The average Bonchev–Trinajstić information content (AvgIpc) is 2.35. The second-order valence-corrected chi connectivity index (χ2v) is 4.76. The molecule has 0 spiro atoms. The van der Waals surface area contributed by atoms with Gasteiger partial charge in [0.05, 0.1) is 12.1 Å². The number of nitrogens with zero attached hydrogens (tertiary/aromatic N) is 3. The lowest BCUT2D eigenvalue weighted by Gasteiger charge is -2.20. The van der Waals surface area contributed by atoms with Crippen LogP contribution in [0.5, 0.6) is 0 Å². The quantitative estimate of drug-likeness (QED) is 0.922. The van der Waals surface area contributed by atoms with E-state index in [0.717, 1.165) is 12.1 Å². The third-order valence-electron chi connectivity index (χ3n) is 2.48. The molecule has 8 heteroatoms. The number of halogens is 3. The Morgan fingerprint density at radius 1 is 1.48 bits per heavy atom. The fourth-order valence-electron chi connectivity index (χ4n) is 1.64. The Balaban J connectivity index is 3.04. The monoisotopic (exact) mass is 300 g/mol. The van der Waals surface area contributed by atoms with Crippen LogP contribution in [0.2, 0.25) is 0 Å². The third kappa shape index (κ3) is 4.63. The van der Waals surface area contributed by atoms with E-state index >= 15 is 0 Å². The molecule has 0 bridgehead atoms. The fourth-order valence-corrected chi connectivity index (χ4v) is 1.64. The molecular weight excluding hydrogens is 285 g/mol. The number of pyridine rings is 1. The van der Waals surface area contributed by atoms with Gasteiger partial charge in [-0.15, -0.1) is 0 Å². The lowest BCUT2D eigenvalue weighted by atomic mass is 10.2. The summed E-state index contributed by atoms with van der Waals surface area (Å²) < 4.78 is 38.0. The lowest BCUT2D eigenvalue weighted by molar-refractivity contribution is -0.141. The smallest absolute Gasteiger partial charge is 0.352 e. The zero-order chi connectivity index (χ0) is 16.2. The number of carbonyl (C=O) groups is 1. The number of amides is 1. The van der Waals surface area contributed by atoms with Crippen LogP contribution in [0.4, 0.5) is 19.0 Å². The Hall–Kier alpha value is -2.30. The summed E-state index contributed by atoms with van der Waals surface area (Å²) in [6.07, 6.45) is -4.61. The molecule has 0 radical (unpaired) electrons. The van der Waals surface area contributed by atoms with Crippen LogP contribution in [-0.2, 0) is 11.0 Å². The van der Waals surface area contributed by atoms with Crippen LogP contribution in [0.1, 0.15) is 25.1 Å². The molecule has 1 rings (SSSR count). The number of hydrogen-bond donors (Lipinski definition) is 1. The van der Waals surface area contributed by atoms with E-state index in [2.05, 4.69) is 10.3 Å². The molecule has 0 saturated carbocycles. The van der Waals surface area contributed by atoms with E-state index in [1.807, 2.05) is 0 Å². The molecule has 114 valence electrons. The molecular formula is C13H15F3N4O. The van der Waals surface area contributed by atoms with Gasteiger partial charge in [-0.05, 0) is 26.0 Å². The molecule has 0 aromatic carbocycles. The van der Waals surface area contributed by atoms with Crippen LogP contribution in [0.15, 0.2) is 12.1 Å². The Morgan fingerprint density at radius 2 is 2.10 bits per heavy atom. The molecule has 0 aliphatic heterocycles. The number of rotatable bonds is 4. The van der Waals surface area contributed by atoms with Crippen molar-refractivity contribution in [3.8, 4) is 6.07 Å². The summed E-state index contributed by atoms with van der Waals surface area (Å²) in [5.74, 6) is -0.540. The van der Waals surface area contributed by atoms with Gasteiger partial charge >= 0.3 is 6.18 Å². The van der Waals surface area contributed by atoms with E-state index in [1.54, 1.807) is 19.9 Å². The first-order valence-corrected chi connectivity index (χ1v) is 6.14. The van der Waals surface area contributed by atoms with Crippen LogP contribution in [-0.4, -0.2) is 30.5 Å². The van der Waals surface area contributed by atoms with E-state index in [4.69, 9.17) is 5.26 Å². The standard InChI is InChI=1S/C13H15F3N4O/c1-8(2)18-11(21)7-20(3)12-9(6-17)4-5-10(19-12)13(14,15)16/h4-5,8H,7H2,1-3H3,(H,18,21). The molecule has 1 heterocycles. The van der Waals surface area contributed by atoms with Gasteiger partial charge in [0.2, 0.25) is 5.91 Å². The van der Waals surface area contributed by atoms with Crippen molar-refractivity contribution in [2.24, 2.45) is 0 Å². The molecule has 1 amide bonds. The molecule has 1 N–H and O–H groups in total. The van der Waals surface area contributed by atoms with Crippen molar-refractivity contribution in [3.63, 3.8) is 0 Å². The van der Waals surface area contributed by atoms with Crippen LogP contribution < -0.4 is 10.2 Å². The SMILES string of the molecule is CC(C)NC(=O)CN(C)c1nc(C(F)(F)F)ccc1C#N. The van der Waals surface area contributed by atoms with E-state index in [1.165, 1.54) is 11.9 Å². The minimum Gasteiger partial charge on any atom is -0.352 e. The number of carbonyl (C=O) groups excluding carboxylic acids is 1. The zero-order valence-corrected chi connectivity index (χ0v) is 11.8. The van der Waals surface area contributed by atoms with Crippen LogP contribution in [0.3, 0.4) is 0 Å². The summed E-state index contributed by atoms with van der Waals surface area (Å²) in [5, 5.41) is 11.6. The predicted molar refractivity (Wildman–Crippen MR) is 70.5 cm³/mol. The highest BCUT2D eigenvalue weighted by Crippen LogP contribution is 2.30. The number of hydrogen-bond acceptors (Lipinski definition) is 4. The first-order valence-electron chi connectivity index (χ1n) is 6.14. The first kappa shape index (κ1) is 16.8. The molecule has 21 heavy (non-hydrogen) atoms. The topological polar surface area (TPSA) is 69.0 Å². The molecule has 1 aromatic heterocycles. The average molecular weight is 300 g/mol. The summed E-state index contributed by atoms with van der Waals surface area (Å²) in [6.45, 7) is 3.34. The van der Waals surface area contributed by atoms with Crippen molar-refractivity contribution >= 4 is 11.7 Å². The summed E-state index contributed by atoms with van der Waals surface area (Å²) in [6, 6.07) is 3.46. The minimum absolute atomic E-state index is 0.0251. The van der Waals surface area contributed by atoms with Gasteiger partial charge in [0, 0.05) is 13.1 Å². The number of anilines is 1. The number of aromatic nitrogens is 1. The van der Waals surface area contributed by atoms with Crippen molar-refractivity contribution < 1.29 is 18.0 Å². The van der Waals surface area contributed by atoms with Gasteiger partial charge in [-0.25, -0.2) is 4.98 Å². The third-order valence-corrected chi connectivity index (χ3v) is 2.48. The van der Waals surface area contributed by atoms with Crippen molar-refractivity contribution in [1.82, 2.24) is 10.3 Å². The van der Waals surface area contributed by atoms with Gasteiger partial charge in [0.1, 0.15) is 17.6 Å². The van der Waals surface area contributed by atoms with Crippen molar-refractivity contribution in [2.75, 3.05) is 18.5 Å². The van der Waals surface area contributed by atoms with Crippen LogP contribution in [0, 0.1) is 11.3 Å². The molecule has 0 unspecified atom stereocenters. The van der Waals surface area contributed by atoms with Gasteiger partial charge in [-0.2, -0.15) is 18.4 Å². The summed E-state index contributed by atoms with van der Waals surface area (Å²) in [5.41, 5.74) is -1.13.